The van der Waals surface area contributed by atoms with Gasteiger partial charge in [0.1, 0.15) is 6.10 Å². The number of aromatic amines is 1. The third kappa shape index (κ3) is 4.46. The van der Waals surface area contributed by atoms with E-state index < -0.39 is 0 Å². The van der Waals surface area contributed by atoms with Gasteiger partial charge in [-0.25, -0.2) is 0 Å². The van der Waals surface area contributed by atoms with Crippen LogP contribution in [-0.4, -0.2) is 85.8 Å². The van der Waals surface area contributed by atoms with E-state index in [9.17, 15) is 5.11 Å². The average Bonchev–Trinajstić information content (AvgIpc) is 3.65. The van der Waals surface area contributed by atoms with Crippen molar-refractivity contribution < 1.29 is 9.94 Å². The molecular weight excluding hydrogens is 526 g/mol. The Morgan fingerprint density at radius 1 is 1.07 bits per heavy atom. The number of aryl methyl sites for hydroxylation is 4. The molecule has 0 spiro atoms. The molecule has 0 saturated carbocycles. The van der Waals surface area contributed by atoms with Crippen LogP contribution in [0.15, 0.2) is 35.7 Å². The maximum absolute atomic E-state index is 11.2. The number of nitrogens with zero attached hydrogens (tertiary/aromatic N) is 6. The van der Waals surface area contributed by atoms with Gasteiger partial charge in [-0.05, 0) is 76.9 Å². The van der Waals surface area contributed by atoms with Crippen LogP contribution in [0.5, 0.6) is 5.88 Å². The van der Waals surface area contributed by atoms with Crippen molar-refractivity contribution in [2.24, 2.45) is 12.2 Å². The summed E-state index contributed by atoms with van der Waals surface area (Å²) >= 11 is 0. The van der Waals surface area contributed by atoms with E-state index in [1.807, 2.05) is 38.7 Å². The third-order valence-corrected chi connectivity index (χ3v) is 9.09. The second-order valence-electron chi connectivity index (χ2n) is 12.4. The Balaban J connectivity index is 1.44. The molecule has 2 aliphatic rings. The third-order valence-electron chi connectivity index (χ3n) is 9.09. The maximum Gasteiger partial charge on any atom is 0.197 e. The number of nitrogens with one attached hydrogen (secondary N) is 1. The zero-order valence-corrected chi connectivity index (χ0v) is 25.4. The zero-order chi connectivity index (χ0) is 29.1. The molecule has 0 bridgehead atoms. The summed E-state index contributed by atoms with van der Waals surface area (Å²) in [5.74, 6) is 0.218. The SMILES string of the molecule is CC(=NOC(C)C)c1ccc2c(c1)c1c3c[nH]c(O)c3c3c(c1n2CCCN1CCN(C)CC1)CCc1nn(C)cc1-3. The second-order valence-corrected chi connectivity index (χ2v) is 12.4. The topological polar surface area (TPSA) is 86.8 Å². The van der Waals surface area contributed by atoms with E-state index in [1.54, 1.807) is 0 Å². The summed E-state index contributed by atoms with van der Waals surface area (Å²) in [6.07, 6.45) is 6.97. The number of fused-ring (bicyclic) bond motifs is 10. The molecule has 220 valence electrons. The molecule has 9 nitrogen and oxygen atoms in total. The van der Waals surface area contributed by atoms with Gasteiger partial charge < -0.3 is 29.3 Å². The Bertz CT molecular complexity index is 1830. The fourth-order valence-electron chi connectivity index (χ4n) is 7.00. The number of H-pyrrole nitrogens is 1. The first kappa shape index (κ1) is 27.0. The molecule has 1 aliphatic heterocycles. The predicted molar refractivity (Wildman–Crippen MR) is 170 cm³/mol. The summed E-state index contributed by atoms with van der Waals surface area (Å²) in [6, 6.07) is 6.67. The van der Waals surface area contributed by atoms with Gasteiger partial charge in [-0.2, -0.15) is 5.10 Å². The molecule has 2 N–H and O–H groups in total. The maximum atomic E-state index is 11.2. The quantitative estimate of drug-likeness (QED) is 0.207. The summed E-state index contributed by atoms with van der Waals surface area (Å²) in [4.78, 5) is 13.8. The molecule has 0 radical (unpaired) electrons. The molecule has 1 saturated heterocycles. The standard InChI is InChI=1S/C33H41N7O2/c1-20(2)42-36-21(3)22-7-10-28-24(17-22)30-25-18-34-33(41)31(25)29-23(8-9-27-26(29)19-38(5)35-27)32(30)40(28)12-6-11-39-15-13-37(4)14-16-39/h7,10,17-20,34,41H,6,8-9,11-16H2,1-5H3. The molecule has 9 heteroatoms. The molecule has 0 atom stereocenters. The molecule has 42 heavy (non-hydrogen) atoms. The van der Waals surface area contributed by atoms with E-state index >= 15 is 0 Å². The highest BCUT2D eigenvalue weighted by atomic mass is 16.6. The van der Waals surface area contributed by atoms with Gasteiger partial charge in [0.15, 0.2) is 5.88 Å². The van der Waals surface area contributed by atoms with Gasteiger partial charge in [0.05, 0.1) is 22.3 Å². The first-order chi connectivity index (χ1) is 20.3. The Morgan fingerprint density at radius 3 is 2.67 bits per heavy atom. The lowest BCUT2D eigenvalue weighted by Crippen LogP contribution is -2.44. The second kappa shape index (κ2) is 10.5. The van der Waals surface area contributed by atoms with Gasteiger partial charge in [0.2, 0.25) is 0 Å². The minimum absolute atomic E-state index is 0.0252. The molecule has 1 aliphatic carbocycles. The summed E-state index contributed by atoms with van der Waals surface area (Å²) in [6.45, 7) is 12.5. The minimum atomic E-state index is 0.0252. The van der Waals surface area contributed by atoms with Crippen molar-refractivity contribution in [3.8, 4) is 17.0 Å². The smallest absolute Gasteiger partial charge is 0.197 e. The molecular formula is C33H41N7O2. The first-order valence-electron chi connectivity index (χ1n) is 15.3. The van der Waals surface area contributed by atoms with Gasteiger partial charge in [-0.15, -0.1) is 0 Å². The molecule has 2 aromatic carbocycles. The highest BCUT2D eigenvalue weighted by molar-refractivity contribution is 6.27. The van der Waals surface area contributed by atoms with Crippen LogP contribution in [0.25, 0.3) is 43.7 Å². The summed E-state index contributed by atoms with van der Waals surface area (Å²) in [5, 5.41) is 24.7. The number of aromatic nitrogens is 4. The van der Waals surface area contributed by atoms with Gasteiger partial charge >= 0.3 is 0 Å². The van der Waals surface area contributed by atoms with Crippen molar-refractivity contribution in [2.45, 2.75) is 52.7 Å². The van der Waals surface area contributed by atoms with Crippen LogP contribution >= 0.6 is 0 Å². The average molecular weight is 568 g/mol. The summed E-state index contributed by atoms with van der Waals surface area (Å²) in [7, 11) is 4.19. The Hall–Kier alpha value is -3.82. The van der Waals surface area contributed by atoms with Crippen LogP contribution in [0.3, 0.4) is 0 Å². The van der Waals surface area contributed by atoms with E-state index in [4.69, 9.17) is 9.94 Å². The monoisotopic (exact) mass is 567 g/mol. The number of rotatable bonds is 7. The van der Waals surface area contributed by atoms with Crippen molar-refractivity contribution in [1.82, 2.24) is 29.1 Å². The molecule has 0 amide bonds. The van der Waals surface area contributed by atoms with E-state index in [2.05, 4.69) is 56.0 Å². The van der Waals surface area contributed by atoms with Crippen LogP contribution in [0.4, 0.5) is 0 Å². The zero-order valence-electron chi connectivity index (χ0n) is 25.4. The van der Waals surface area contributed by atoms with E-state index in [1.165, 1.54) is 27.4 Å². The van der Waals surface area contributed by atoms with Gasteiger partial charge in [-0.3, -0.25) is 4.68 Å². The lowest BCUT2D eigenvalue weighted by molar-refractivity contribution is 0.0860. The van der Waals surface area contributed by atoms with Crippen molar-refractivity contribution in [2.75, 3.05) is 39.8 Å². The number of hydrogen-bond acceptors (Lipinski definition) is 6. The summed E-state index contributed by atoms with van der Waals surface area (Å²) < 4.78 is 4.45. The van der Waals surface area contributed by atoms with Crippen molar-refractivity contribution in [3.63, 3.8) is 0 Å². The van der Waals surface area contributed by atoms with Gasteiger partial charge in [0, 0.05) is 85.0 Å². The van der Waals surface area contributed by atoms with Crippen molar-refractivity contribution in [1.29, 1.82) is 0 Å². The van der Waals surface area contributed by atoms with Gasteiger partial charge in [0.25, 0.3) is 0 Å². The van der Waals surface area contributed by atoms with Crippen LogP contribution in [-0.2, 0) is 31.3 Å². The lowest BCUT2D eigenvalue weighted by Gasteiger charge is -2.32. The minimum Gasteiger partial charge on any atom is -0.494 e. The molecule has 4 heterocycles. The number of piperazine rings is 1. The van der Waals surface area contributed by atoms with E-state index in [-0.39, 0.29) is 12.0 Å². The number of hydrogen-bond donors (Lipinski definition) is 2. The Morgan fingerprint density at radius 2 is 1.88 bits per heavy atom. The van der Waals surface area contributed by atoms with E-state index in [0.29, 0.717) is 0 Å². The molecule has 7 rings (SSSR count). The predicted octanol–water partition coefficient (Wildman–Crippen LogP) is 5.27. The first-order valence-corrected chi connectivity index (χ1v) is 15.3. The molecule has 3 aromatic heterocycles. The number of likely N-dealkylation sites (N-methyl/N-ethyl adjacent to an activating group) is 1. The van der Waals surface area contributed by atoms with Crippen molar-refractivity contribution in [3.05, 3.63) is 47.4 Å². The number of benzene rings is 2. The highest BCUT2D eigenvalue weighted by Crippen LogP contribution is 2.49. The lowest BCUT2D eigenvalue weighted by atomic mass is 9.85. The van der Waals surface area contributed by atoms with Crippen LogP contribution in [0.2, 0.25) is 0 Å². The van der Waals surface area contributed by atoms with Crippen molar-refractivity contribution >= 4 is 38.3 Å². The largest absolute Gasteiger partial charge is 0.494 e. The Kier molecular flexibility index (Phi) is 6.74. The van der Waals surface area contributed by atoms with Crippen LogP contribution in [0, 0.1) is 0 Å². The van der Waals surface area contributed by atoms with Crippen LogP contribution in [0.1, 0.15) is 44.0 Å². The number of oxime groups is 1. The van der Waals surface area contributed by atoms with Crippen LogP contribution < -0.4 is 0 Å². The molecule has 0 unspecified atom stereocenters. The summed E-state index contributed by atoms with van der Waals surface area (Å²) in [5.41, 5.74) is 9.05. The highest BCUT2D eigenvalue weighted by Gasteiger charge is 2.30. The van der Waals surface area contributed by atoms with Gasteiger partial charge in [-0.1, -0.05) is 11.2 Å². The normalized spacial score (nSPS) is 16.7. The molecule has 5 aromatic rings. The Labute approximate surface area is 246 Å². The van der Waals surface area contributed by atoms with E-state index in [0.717, 1.165) is 97.4 Å². The number of aromatic hydroxyl groups is 1. The fourth-order valence-corrected chi connectivity index (χ4v) is 7.00. The molecule has 1 fully saturated rings. The fraction of sp³-hybridized carbons (Fsp3) is 0.455.